The van der Waals surface area contributed by atoms with E-state index < -0.39 is 0 Å². The Balaban J connectivity index is 2.29. The van der Waals surface area contributed by atoms with Gasteiger partial charge in [-0.2, -0.15) is 5.10 Å². The Hall–Kier alpha value is -2.42. The van der Waals surface area contributed by atoms with Gasteiger partial charge in [-0.25, -0.2) is 4.68 Å². The van der Waals surface area contributed by atoms with E-state index in [1.807, 2.05) is 56.4 Å². The lowest BCUT2D eigenvalue weighted by Crippen LogP contribution is -2.06. The normalized spacial score (nSPS) is 10.9. The van der Waals surface area contributed by atoms with Crippen molar-refractivity contribution < 1.29 is 4.79 Å². The minimum absolute atomic E-state index is 0.138. The van der Waals surface area contributed by atoms with Crippen molar-refractivity contribution in [1.82, 2.24) is 9.78 Å². The quantitative estimate of drug-likeness (QED) is 0.672. The van der Waals surface area contributed by atoms with Gasteiger partial charge in [-0.15, -0.1) is 0 Å². The van der Waals surface area contributed by atoms with E-state index in [0.717, 1.165) is 27.7 Å². The SMILES string of the molecule is CCC(=O)c1cc2ccccc2cc1-n1ccc(C)n1. The van der Waals surface area contributed by atoms with Gasteiger partial charge in [0.15, 0.2) is 5.78 Å². The average Bonchev–Trinajstić information content (AvgIpc) is 2.91. The molecule has 0 unspecified atom stereocenters. The molecule has 3 heteroatoms. The van der Waals surface area contributed by atoms with Crippen LogP contribution in [0.15, 0.2) is 48.7 Å². The standard InChI is InChI=1S/C17H16N2O/c1-3-17(20)15-10-13-6-4-5-7-14(13)11-16(15)19-9-8-12(2)18-19/h4-11H,3H2,1-2H3. The molecule has 0 bridgehead atoms. The molecule has 0 aliphatic heterocycles. The second kappa shape index (κ2) is 4.93. The molecule has 0 N–H and O–H groups in total. The predicted octanol–water partition coefficient (Wildman–Crippen LogP) is 3.93. The summed E-state index contributed by atoms with van der Waals surface area (Å²) in [4.78, 5) is 12.2. The number of aryl methyl sites for hydroxylation is 1. The van der Waals surface area contributed by atoms with Crippen LogP contribution in [-0.4, -0.2) is 15.6 Å². The maximum atomic E-state index is 12.2. The van der Waals surface area contributed by atoms with E-state index in [0.29, 0.717) is 6.42 Å². The van der Waals surface area contributed by atoms with Crippen molar-refractivity contribution in [2.45, 2.75) is 20.3 Å². The van der Waals surface area contributed by atoms with Crippen LogP contribution in [0.25, 0.3) is 16.5 Å². The molecule has 0 saturated carbocycles. The molecular weight excluding hydrogens is 248 g/mol. The van der Waals surface area contributed by atoms with Gasteiger partial charge in [-0.05, 0) is 35.9 Å². The first-order valence-corrected chi connectivity index (χ1v) is 6.77. The number of hydrogen-bond acceptors (Lipinski definition) is 2. The summed E-state index contributed by atoms with van der Waals surface area (Å²) in [6, 6.07) is 14.0. The Bertz CT molecular complexity index is 787. The highest BCUT2D eigenvalue weighted by Crippen LogP contribution is 2.24. The minimum Gasteiger partial charge on any atom is -0.294 e. The third kappa shape index (κ3) is 2.11. The summed E-state index contributed by atoms with van der Waals surface area (Å²) in [5.41, 5.74) is 2.52. The number of benzene rings is 2. The highest BCUT2D eigenvalue weighted by Gasteiger charge is 2.13. The van der Waals surface area contributed by atoms with Gasteiger partial charge in [-0.1, -0.05) is 31.2 Å². The second-order valence-electron chi connectivity index (χ2n) is 4.89. The highest BCUT2D eigenvalue weighted by molar-refractivity contribution is 6.03. The molecule has 1 aromatic heterocycles. The third-order valence-corrected chi connectivity index (χ3v) is 3.45. The van der Waals surface area contributed by atoms with Crippen LogP contribution < -0.4 is 0 Å². The average molecular weight is 264 g/mol. The Kier molecular flexibility index (Phi) is 3.11. The molecule has 20 heavy (non-hydrogen) atoms. The summed E-state index contributed by atoms with van der Waals surface area (Å²) in [7, 11) is 0. The fourth-order valence-electron chi connectivity index (χ4n) is 2.38. The number of aromatic nitrogens is 2. The lowest BCUT2D eigenvalue weighted by Gasteiger charge is -2.10. The zero-order chi connectivity index (χ0) is 14.1. The molecule has 3 nitrogen and oxygen atoms in total. The Labute approximate surface area is 117 Å². The number of ketones is 1. The van der Waals surface area contributed by atoms with Crippen LogP contribution in [-0.2, 0) is 0 Å². The molecule has 3 aromatic rings. The molecule has 0 aliphatic carbocycles. The maximum Gasteiger partial charge on any atom is 0.164 e. The van der Waals surface area contributed by atoms with Gasteiger partial charge in [0.1, 0.15) is 0 Å². The van der Waals surface area contributed by atoms with Crippen LogP contribution in [0.2, 0.25) is 0 Å². The van der Waals surface area contributed by atoms with Crippen molar-refractivity contribution in [2.75, 3.05) is 0 Å². The molecule has 0 spiro atoms. The molecule has 100 valence electrons. The fourth-order valence-corrected chi connectivity index (χ4v) is 2.38. The van der Waals surface area contributed by atoms with Crippen LogP contribution in [0, 0.1) is 6.92 Å². The van der Waals surface area contributed by atoms with Gasteiger partial charge in [0.2, 0.25) is 0 Å². The van der Waals surface area contributed by atoms with Crippen LogP contribution >= 0.6 is 0 Å². The number of rotatable bonds is 3. The number of hydrogen-bond donors (Lipinski definition) is 0. The number of Topliss-reactive ketones (excluding diaryl/α,β-unsaturated/α-hetero) is 1. The van der Waals surface area contributed by atoms with Gasteiger partial charge in [0.25, 0.3) is 0 Å². The highest BCUT2D eigenvalue weighted by atomic mass is 16.1. The third-order valence-electron chi connectivity index (χ3n) is 3.45. The van der Waals surface area contributed by atoms with Gasteiger partial charge < -0.3 is 0 Å². The van der Waals surface area contributed by atoms with Crippen LogP contribution in [0.4, 0.5) is 0 Å². The number of fused-ring (bicyclic) bond motifs is 1. The van der Waals surface area contributed by atoms with Gasteiger partial charge in [-0.3, -0.25) is 4.79 Å². The molecule has 0 saturated heterocycles. The molecule has 2 aromatic carbocycles. The summed E-state index contributed by atoms with van der Waals surface area (Å²) in [6.07, 6.45) is 2.39. The summed E-state index contributed by atoms with van der Waals surface area (Å²) >= 11 is 0. The largest absolute Gasteiger partial charge is 0.294 e. The molecule has 0 atom stereocenters. The fraction of sp³-hybridized carbons (Fsp3) is 0.176. The molecule has 0 radical (unpaired) electrons. The van der Waals surface area contributed by atoms with E-state index in [2.05, 4.69) is 11.2 Å². The minimum atomic E-state index is 0.138. The number of carbonyl (C=O) groups excluding carboxylic acids is 1. The monoisotopic (exact) mass is 264 g/mol. The van der Waals surface area contributed by atoms with Crippen molar-refractivity contribution >= 4 is 16.6 Å². The first kappa shape index (κ1) is 12.6. The van der Waals surface area contributed by atoms with Gasteiger partial charge >= 0.3 is 0 Å². The molecule has 0 aliphatic rings. The Morgan fingerprint density at radius 2 is 1.85 bits per heavy atom. The first-order valence-electron chi connectivity index (χ1n) is 6.77. The van der Waals surface area contributed by atoms with E-state index in [9.17, 15) is 4.79 Å². The van der Waals surface area contributed by atoms with Crippen LogP contribution in [0.1, 0.15) is 29.4 Å². The lowest BCUT2D eigenvalue weighted by atomic mass is 10.0. The lowest BCUT2D eigenvalue weighted by molar-refractivity contribution is 0.0988. The first-order chi connectivity index (χ1) is 9.69. The van der Waals surface area contributed by atoms with E-state index in [4.69, 9.17) is 0 Å². The summed E-state index contributed by atoms with van der Waals surface area (Å²) in [5.74, 6) is 0.138. The van der Waals surface area contributed by atoms with Crippen molar-refractivity contribution in [3.8, 4) is 5.69 Å². The van der Waals surface area contributed by atoms with Crippen molar-refractivity contribution in [3.63, 3.8) is 0 Å². The van der Waals surface area contributed by atoms with Crippen molar-refractivity contribution in [2.24, 2.45) is 0 Å². The summed E-state index contributed by atoms with van der Waals surface area (Å²) in [6.45, 7) is 3.83. The van der Waals surface area contributed by atoms with Crippen LogP contribution in [0.5, 0.6) is 0 Å². The smallest absolute Gasteiger partial charge is 0.164 e. The van der Waals surface area contributed by atoms with E-state index >= 15 is 0 Å². The van der Waals surface area contributed by atoms with Gasteiger partial charge in [0, 0.05) is 18.2 Å². The summed E-state index contributed by atoms with van der Waals surface area (Å²) in [5, 5.41) is 6.62. The number of nitrogens with zero attached hydrogens (tertiary/aromatic N) is 2. The molecule has 3 rings (SSSR count). The maximum absolute atomic E-state index is 12.2. The predicted molar refractivity (Wildman–Crippen MR) is 80.4 cm³/mol. The van der Waals surface area contributed by atoms with Crippen molar-refractivity contribution in [1.29, 1.82) is 0 Å². The van der Waals surface area contributed by atoms with E-state index in [1.54, 1.807) is 4.68 Å². The van der Waals surface area contributed by atoms with Crippen molar-refractivity contribution in [3.05, 3.63) is 59.9 Å². The van der Waals surface area contributed by atoms with E-state index in [-0.39, 0.29) is 5.78 Å². The van der Waals surface area contributed by atoms with E-state index in [1.165, 1.54) is 0 Å². The molecule has 0 amide bonds. The zero-order valence-corrected chi connectivity index (χ0v) is 11.6. The molecule has 0 fully saturated rings. The zero-order valence-electron chi connectivity index (χ0n) is 11.6. The summed E-state index contributed by atoms with van der Waals surface area (Å²) < 4.78 is 1.78. The van der Waals surface area contributed by atoms with Gasteiger partial charge in [0.05, 0.1) is 11.4 Å². The van der Waals surface area contributed by atoms with Crippen LogP contribution in [0.3, 0.4) is 0 Å². The molecular formula is C17H16N2O. The second-order valence-corrected chi connectivity index (χ2v) is 4.89. The number of carbonyl (C=O) groups is 1. The Morgan fingerprint density at radius 1 is 1.15 bits per heavy atom. The molecule has 1 heterocycles. The topological polar surface area (TPSA) is 34.9 Å². The Morgan fingerprint density at radius 3 is 2.45 bits per heavy atom.